The van der Waals surface area contributed by atoms with Crippen LogP contribution in [0.4, 0.5) is 0 Å². The first-order chi connectivity index (χ1) is 9.99. The van der Waals surface area contributed by atoms with Crippen LogP contribution in [0.1, 0.15) is 24.2 Å². The molecule has 1 aromatic rings. The average molecular weight is 305 g/mol. The molecule has 110 valence electrons. The Bertz CT molecular complexity index is 650. The van der Waals surface area contributed by atoms with Crippen LogP contribution in [0.2, 0.25) is 5.02 Å². The van der Waals surface area contributed by atoms with E-state index in [4.69, 9.17) is 22.1 Å². The molecule has 0 spiro atoms. The fourth-order valence-corrected chi connectivity index (χ4v) is 2.58. The van der Waals surface area contributed by atoms with Crippen LogP contribution in [0, 0.1) is 5.92 Å². The number of aliphatic imine (C=N–C) groups is 1. The van der Waals surface area contributed by atoms with Crippen molar-refractivity contribution in [1.82, 2.24) is 0 Å². The summed E-state index contributed by atoms with van der Waals surface area (Å²) >= 11 is 6.08. The first kappa shape index (κ1) is 15.3. The number of benzene rings is 1. The molecule has 5 heteroatoms. The lowest BCUT2D eigenvalue weighted by atomic mass is 9.90. The van der Waals surface area contributed by atoms with Crippen molar-refractivity contribution in [2.75, 3.05) is 7.05 Å². The van der Waals surface area contributed by atoms with Gasteiger partial charge in [0.25, 0.3) is 0 Å². The van der Waals surface area contributed by atoms with Gasteiger partial charge >= 0.3 is 0 Å². The molecule has 1 aromatic carbocycles. The Kier molecular flexibility index (Phi) is 4.48. The Balaban J connectivity index is 2.55. The SMILES string of the molecule is C=C1OC(c2ccc(Cl)cc2/C(C=NC)=C/N)C(C)C1=O. The number of nitrogens with zero attached hydrogens (tertiary/aromatic N) is 1. The fourth-order valence-electron chi connectivity index (χ4n) is 2.41. The predicted molar refractivity (Wildman–Crippen MR) is 85.2 cm³/mol. The number of ether oxygens (including phenoxy) is 1. The highest BCUT2D eigenvalue weighted by Gasteiger charge is 2.38. The average Bonchev–Trinajstić information content (AvgIpc) is 2.72. The molecule has 0 amide bonds. The van der Waals surface area contributed by atoms with E-state index in [0.717, 1.165) is 16.7 Å². The Hall–Kier alpha value is -2.07. The standard InChI is InChI=1S/C16H17ClN2O2/c1-9-15(20)10(2)21-16(9)13-5-4-12(17)6-14(13)11(7-18)8-19-3/h4-9,16H,2,18H2,1,3H3/b11-7+,19-8?. The Labute approximate surface area is 129 Å². The molecule has 1 fully saturated rings. The second-order valence-electron chi connectivity index (χ2n) is 4.86. The van der Waals surface area contributed by atoms with E-state index in [1.165, 1.54) is 6.20 Å². The van der Waals surface area contributed by atoms with Gasteiger partial charge in [-0.25, -0.2) is 0 Å². The maximum atomic E-state index is 11.9. The van der Waals surface area contributed by atoms with Crippen molar-refractivity contribution in [3.63, 3.8) is 0 Å². The minimum Gasteiger partial charge on any atom is -0.482 e. The lowest BCUT2D eigenvalue weighted by Gasteiger charge is -2.18. The van der Waals surface area contributed by atoms with E-state index < -0.39 is 6.10 Å². The molecule has 1 aliphatic rings. The van der Waals surface area contributed by atoms with Gasteiger partial charge in [-0.1, -0.05) is 31.2 Å². The zero-order valence-corrected chi connectivity index (χ0v) is 12.7. The van der Waals surface area contributed by atoms with E-state index >= 15 is 0 Å². The van der Waals surface area contributed by atoms with Crippen molar-refractivity contribution in [3.05, 3.63) is 52.9 Å². The largest absolute Gasteiger partial charge is 0.482 e. The van der Waals surface area contributed by atoms with Crippen LogP contribution < -0.4 is 5.73 Å². The van der Waals surface area contributed by atoms with Gasteiger partial charge < -0.3 is 10.5 Å². The highest BCUT2D eigenvalue weighted by molar-refractivity contribution is 6.31. The van der Waals surface area contributed by atoms with Crippen molar-refractivity contribution in [2.45, 2.75) is 13.0 Å². The van der Waals surface area contributed by atoms with Crippen molar-refractivity contribution < 1.29 is 9.53 Å². The molecule has 4 nitrogen and oxygen atoms in total. The number of allylic oxidation sites excluding steroid dienone is 2. The van der Waals surface area contributed by atoms with Crippen molar-refractivity contribution in [1.29, 1.82) is 0 Å². The first-order valence-electron chi connectivity index (χ1n) is 6.53. The van der Waals surface area contributed by atoms with Crippen LogP contribution in [0.5, 0.6) is 0 Å². The van der Waals surface area contributed by atoms with Crippen LogP contribution in [-0.4, -0.2) is 19.0 Å². The summed E-state index contributed by atoms with van der Waals surface area (Å²) in [5.41, 5.74) is 8.04. The minimum absolute atomic E-state index is 0.0802. The van der Waals surface area contributed by atoms with Crippen molar-refractivity contribution in [3.8, 4) is 0 Å². The molecule has 1 saturated heterocycles. The molecule has 1 aliphatic heterocycles. The van der Waals surface area contributed by atoms with Gasteiger partial charge in [0.15, 0.2) is 5.76 Å². The molecule has 2 N–H and O–H groups in total. The van der Waals surface area contributed by atoms with E-state index in [0.29, 0.717) is 5.02 Å². The zero-order valence-electron chi connectivity index (χ0n) is 12.0. The topological polar surface area (TPSA) is 64.7 Å². The molecule has 0 aliphatic carbocycles. The van der Waals surface area contributed by atoms with Gasteiger partial charge in [0, 0.05) is 35.6 Å². The molecule has 0 bridgehead atoms. The third-order valence-electron chi connectivity index (χ3n) is 3.49. The van der Waals surface area contributed by atoms with Gasteiger partial charge in [0.2, 0.25) is 5.78 Å². The first-order valence-corrected chi connectivity index (χ1v) is 6.91. The molecular weight excluding hydrogens is 288 g/mol. The van der Waals surface area contributed by atoms with Crippen LogP contribution in [-0.2, 0) is 9.53 Å². The van der Waals surface area contributed by atoms with Gasteiger partial charge in [-0.3, -0.25) is 9.79 Å². The fraction of sp³-hybridized carbons (Fsp3) is 0.250. The number of carbonyl (C=O) groups excluding carboxylic acids is 1. The number of hydrogen-bond acceptors (Lipinski definition) is 4. The molecule has 0 saturated carbocycles. The lowest BCUT2D eigenvalue weighted by Crippen LogP contribution is -2.12. The van der Waals surface area contributed by atoms with Crippen LogP contribution >= 0.6 is 11.6 Å². The highest BCUT2D eigenvalue weighted by atomic mass is 35.5. The van der Waals surface area contributed by atoms with Crippen LogP contribution in [0.25, 0.3) is 5.57 Å². The molecule has 2 atom stereocenters. The summed E-state index contributed by atoms with van der Waals surface area (Å²) in [6.45, 7) is 5.47. The number of halogens is 1. The van der Waals surface area contributed by atoms with Gasteiger partial charge in [0.1, 0.15) is 6.10 Å². The second kappa shape index (κ2) is 6.14. The third kappa shape index (κ3) is 2.85. The Morgan fingerprint density at radius 2 is 2.24 bits per heavy atom. The van der Waals surface area contributed by atoms with Gasteiger partial charge in [-0.05, 0) is 17.7 Å². The summed E-state index contributed by atoms with van der Waals surface area (Å²) in [7, 11) is 1.66. The number of ketones is 1. The molecule has 0 radical (unpaired) electrons. The molecule has 2 rings (SSSR count). The van der Waals surface area contributed by atoms with E-state index in [1.807, 2.05) is 13.0 Å². The Morgan fingerprint density at radius 3 is 2.76 bits per heavy atom. The smallest absolute Gasteiger partial charge is 0.203 e. The quantitative estimate of drug-likeness (QED) is 0.689. The van der Waals surface area contributed by atoms with Gasteiger partial charge in [-0.15, -0.1) is 0 Å². The summed E-state index contributed by atoms with van der Waals surface area (Å²) in [5.74, 6) is -0.186. The lowest BCUT2D eigenvalue weighted by molar-refractivity contribution is -0.117. The summed E-state index contributed by atoms with van der Waals surface area (Å²) in [5, 5.41) is 0.577. The molecule has 2 unspecified atom stereocenters. The monoisotopic (exact) mass is 304 g/mol. The minimum atomic E-state index is -0.391. The molecule has 0 aromatic heterocycles. The molecule has 1 heterocycles. The number of carbonyl (C=O) groups is 1. The predicted octanol–water partition coefficient (Wildman–Crippen LogP) is 3.13. The van der Waals surface area contributed by atoms with Crippen molar-refractivity contribution in [2.24, 2.45) is 16.6 Å². The number of hydrogen-bond donors (Lipinski definition) is 1. The zero-order chi connectivity index (χ0) is 15.6. The number of Topliss-reactive ketones (excluding diaryl/α,β-unsaturated/α-hetero) is 1. The summed E-state index contributed by atoms with van der Waals surface area (Å²) in [4.78, 5) is 15.9. The van der Waals surface area contributed by atoms with E-state index in [2.05, 4.69) is 11.6 Å². The summed E-state index contributed by atoms with van der Waals surface area (Å²) < 4.78 is 5.63. The van der Waals surface area contributed by atoms with Crippen molar-refractivity contribution >= 4 is 29.2 Å². The highest BCUT2D eigenvalue weighted by Crippen LogP contribution is 2.40. The third-order valence-corrected chi connectivity index (χ3v) is 3.73. The van der Waals surface area contributed by atoms with Gasteiger partial charge in [-0.2, -0.15) is 0 Å². The van der Waals surface area contributed by atoms with Gasteiger partial charge in [0.05, 0.1) is 5.92 Å². The van der Waals surface area contributed by atoms with E-state index in [1.54, 1.807) is 25.4 Å². The van der Waals surface area contributed by atoms with E-state index in [9.17, 15) is 4.79 Å². The van der Waals surface area contributed by atoms with Crippen LogP contribution in [0.15, 0.2) is 41.7 Å². The number of rotatable bonds is 3. The molecule has 21 heavy (non-hydrogen) atoms. The van der Waals surface area contributed by atoms with Crippen LogP contribution in [0.3, 0.4) is 0 Å². The summed E-state index contributed by atoms with van der Waals surface area (Å²) in [6, 6.07) is 5.40. The maximum absolute atomic E-state index is 11.9. The Morgan fingerprint density at radius 1 is 1.52 bits per heavy atom. The molecular formula is C16H17ClN2O2. The summed E-state index contributed by atoms with van der Waals surface area (Å²) in [6.07, 6.45) is 2.71. The van der Waals surface area contributed by atoms with E-state index in [-0.39, 0.29) is 17.5 Å². The normalized spacial score (nSPS) is 22.9. The number of nitrogens with two attached hydrogens (primary N) is 1. The second-order valence-corrected chi connectivity index (χ2v) is 5.29. The maximum Gasteiger partial charge on any atom is 0.203 e.